The summed E-state index contributed by atoms with van der Waals surface area (Å²) in [6.07, 6.45) is 1.10. The van der Waals surface area contributed by atoms with Crippen molar-refractivity contribution in [1.29, 1.82) is 0 Å². The summed E-state index contributed by atoms with van der Waals surface area (Å²) in [5, 5.41) is 9.19. The third kappa shape index (κ3) is 2.95. The Kier molecular flexibility index (Phi) is 4.74. The fourth-order valence-corrected chi connectivity index (χ4v) is 1.88. The lowest BCUT2D eigenvalue weighted by Gasteiger charge is -2.28. The number of pyridine rings is 1. The zero-order valence-corrected chi connectivity index (χ0v) is 10.7. The van der Waals surface area contributed by atoms with Crippen molar-refractivity contribution in [3.05, 3.63) is 23.4 Å². The zero-order valence-electron chi connectivity index (χ0n) is 10.7. The Hall–Kier alpha value is -1.09. The second-order valence-corrected chi connectivity index (χ2v) is 4.18. The lowest BCUT2D eigenvalue weighted by atomic mass is 10.2. The molecule has 0 amide bonds. The first-order chi connectivity index (χ1) is 7.62. The number of aryl methyl sites for hydroxylation is 1. The van der Waals surface area contributed by atoms with Crippen LogP contribution >= 0.6 is 0 Å². The molecule has 1 unspecified atom stereocenters. The summed E-state index contributed by atoms with van der Waals surface area (Å²) < 4.78 is 0. The van der Waals surface area contributed by atoms with Crippen LogP contribution in [0.4, 0.5) is 5.82 Å². The van der Waals surface area contributed by atoms with Gasteiger partial charge in [-0.05, 0) is 44.9 Å². The third-order valence-electron chi connectivity index (χ3n) is 2.94. The lowest BCUT2D eigenvalue weighted by molar-refractivity contribution is 0.281. The highest BCUT2D eigenvalue weighted by Gasteiger charge is 2.13. The van der Waals surface area contributed by atoms with Gasteiger partial charge in [-0.25, -0.2) is 4.98 Å². The van der Waals surface area contributed by atoms with E-state index in [1.54, 1.807) is 0 Å². The van der Waals surface area contributed by atoms with Gasteiger partial charge >= 0.3 is 0 Å². The minimum Gasteiger partial charge on any atom is -0.392 e. The van der Waals surface area contributed by atoms with Gasteiger partial charge in [0, 0.05) is 18.3 Å². The van der Waals surface area contributed by atoms with Gasteiger partial charge in [-0.3, -0.25) is 0 Å². The zero-order chi connectivity index (χ0) is 12.1. The maximum Gasteiger partial charge on any atom is 0.129 e. The van der Waals surface area contributed by atoms with E-state index in [0.29, 0.717) is 6.04 Å². The minimum atomic E-state index is 0.0778. The van der Waals surface area contributed by atoms with Crippen LogP contribution in [0.3, 0.4) is 0 Å². The summed E-state index contributed by atoms with van der Waals surface area (Å²) >= 11 is 0. The molecule has 3 heteroatoms. The number of hydrogen-bond acceptors (Lipinski definition) is 3. The quantitative estimate of drug-likeness (QED) is 0.831. The number of anilines is 1. The maximum absolute atomic E-state index is 9.19. The molecule has 0 aliphatic rings. The van der Waals surface area contributed by atoms with E-state index in [4.69, 9.17) is 0 Å². The molecule has 1 rings (SSSR count). The van der Waals surface area contributed by atoms with Crippen molar-refractivity contribution in [1.82, 2.24) is 4.98 Å². The smallest absolute Gasteiger partial charge is 0.129 e. The molecule has 0 radical (unpaired) electrons. The van der Waals surface area contributed by atoms with Gasteiger partial charge in [-0.15, -0.1) is 0 Å². The van der Waals surface area contributed by atoms with Crippen LogP contribution in [0.1, 0.15) is 38.4 Å². The molecule has 90 valence electrons. The van der Waals surface area contributed by atoms with Gasteiger partial charge in [-0.2, -0.15) is 0 Å². The topological polar surface area (TPSA) is 36.4 Å². The summed E-state index contributed by atoms with van der Waals surface area (Å²) in [5.41, 5.74) is 1.90. The van der Waals surface area contributed by atoms with E-state index in [1.165, 1.54) is 0 Å². The van der Waals surface area contributed by atoms with Crippen molar-refractivity contribution in [2.24, 2.45) is 0 Å². The van der Waals surface area contributed by atoms with Crippen LogP contribution in [0.5, 0.6) is 0 Å². The van der Waals surface area contributed by atoms with Crippen LogP contribution in [0.2, 0.25) is 0 Å². The van der Waals surface area contributed by atoms with E-state index in [0.717, 1.165) is 30.0 Å². The van der Waals surface area contributed by atoms with Crippen LogP contribution in [0.25, 0.3) is 0 Å². The van der Waals surface area contributed by atoms with E-state index in [9.17, 15) is 5.11 Å². The molecule has 0 aromatic carbocycles. The van der Waals surface area contributed by atoms with Crippen LogP contribution in [0.15, 0.2) is 12.1 Å². The van der Waals surface area contributed by atoms with Gasteiger partial charge in [0.15, 0.2) is 0 Å². The maximum atomic E-state index is 9.19. The molecule has 1 atom stereocenters. The van der Waals surface area contributed by atoms with E-state index in [2.05, 4.69) is 30.7 Å². The van der Waals surface area contributed by atoms with Gasteiger partial charge in [0.25, 0.3) is 0 Å². The van der Waals surface area contributed by atoms with Crippen LogP contribution in [-0.2, 0) is 6.61 Å². The highest BCUT2D eigenvalue weighted by molar-refractivity contribution is 5.43. The monoisotopic (exact) mass is 222 g/mol. The normalized spacial score (nSPS) is 12.6. The Bertz CT molecular complexity index is 339. The molecule has 16 heavy (non-hydrogen) atoms. The molecule has 0 fully saturated rings. The Morgan fingerprint density at radius 2 is 2.06 bits per heavy atom. The molecule has 0 aliphatic heterocycles. The Balaban J connectivity index is 3.04. The minimum absolute atomic E-state index is 0.0778. The summed E-state index contributed by atoms with van der Waals surface area (Å²) in [5.74, 6) is 0.973. The fourth-order valence-electron chi connectivity index (χ4n) is 1.88. The predicted octanol–water partition coefficient (Wildman–Crippen LogP) is 2.51. The molecule has 0 saturated carbocycles. The molecular formula is C13H22N2O. The van der Waals surface area contributed by atoms with Crippen molar-refractivity contribution >= 4 is 5.82 Å². The van der Waals surface area contributed by atoms with E-state index in [-0.39, 0.29) is 6.61 Å². The summed E-state index contributed by atoms with van der Waals surface area (Å²) in [7, 11) is 0. The molecule has 0 aliphatic carbocycles. The third-order valence-corrected chi connectivity index (χ3v) is 2.94. The van der Waals surface area contributed by atoms with Crippen LogP contribution < -0.4 is 4.90 Å². The highest BCUT2D eigenvalue weighted by Crippen LogP contribution is 2.18. The second kappa shape index (κ2) is 5.85. The van der Waals surface area contributed by atoms with Crippen molar-refractivity contribution in [2.75, 3.05) is 11.4 Å². The van der Waals surface area contributed by atoms with Crippen molar-refractivity contribution < 1.29 is 5.11 Å². The van der Waals surface area contributed by atoms with Gasteiger partial charge < -0.3 is 10.0 Å². The standard InChI is InChI=1S/C13H22N2O/c1-5-11(4)15(6-2)13-8-12(9-16)7-10(3)14-13/h7-8,11,16H,5-6,9H2,1-4H3. The highest BCUT2D eigenvalue weighted by atomic mass is 16.3. The fraction of sp³-hybridized carbons (Fsp3) is 0.615. The van der Waals surface area contributed by atoms with Gasteiger partial charge in [0.1, 0.15) is 5.82 Å². The first-order valence-corrected chi connectivity index (χ1v) is 5.97. The molecule has 0 spiro atoms. The number of aromatic nitrogens is 1. The largest absolute Gasteiger partial charge is 0.392 e. The summed E-state index contributed by atoms with van der Waals surface area (Å²) in [6.45, 7) is 9.49. The molecule has 0 bridgehead atoms. The van der Waals surface area contributed by atoms with E-state index in [1.807, 2.05) is 19.1 Å². The molecule has 0 saturated heterocycles. The molecule has 1 N–H and O–H groups in total. The van der Waals surface area contributed by atoms with E-state index >= 15 is 0 Å². The average molecular weight is 222 g/mol. The number of rotatable bonds is 5. The van der Waals surface area contributed by atoms with Gasteiger partial charge in [-0.1, -0.05) is 6.92 Å². The number of aliphatic hydroxyl groups excluding tert-OH is 1. The number of aliphatic hydroxyl groups is 1. The van der Waals surface area contributed by atoms with Gasteiger partial charge in [0.2, 0.25) is 0 Å². The Morgan fingerprint density at radius 3 is 2.56 bits per heavy atom. The molecule has 1 aromatic rings. The lowest BCUT2D eigenvalue weighted by Crippen LogP contribution is -2.33. The van der Waals surface area contributed by atoms with Gasteiger partial charge in [0.05, 0.1) is 6.61 Å². The first kappa shape index (κ1) is 13.0. The molecule has 1 aromatic heterocycles. The Labute approximate surface area is 98.1 Å². The van der Waals surface area contributed by atoms with Crippen molar-refractivity contribution in [2.45, 2.75) is 46.8 Å². The van der Waals surface area contributed by atoms with Crippen molar-refractivity contribution in [3.63, 3.8) is 0 Å². The Morgan fingerprint density at radius 1 is 1.38 bits per heavy atom. The van der Waals surface area contributed by atoms with E-state index < -0.39 is 0 Å². The molecule has 1 heterocycles. The van der Waals surface area contributed by atoms with Crippen LogP contribution in [-0.4, -0.2) is 22.7 Å². The first-order valence-electron chi connectivity index (χ1n) is 5.97. The summed E-state index contributed by atoms with van der Waals surface area (Å²) in [4.78, 5) is 6.81. The average Bonchev–Trinajstić information content (AvgIpc) is 2.29. The molecule has 3 nitrogen and oxygen atoms in total. The summed E-state index contributed by atoms with van der Waals surface area (Å²) in [6, 6.07) is 4.38. The number of nitrogens with zero attached hydrogens (tertiary/aromatic N) is 2. The van der Waals surface area contributed by atoms with Crippen molar-refractivity contribution in [3.8, 4) is 0 Å². The SMILES string of the molecule is CCC(C)N(CC)c1cc(CO)cc(C)n1. The molecular weight excluding hydrogens is 200 g/mol. The second-order valence-electron chi connectivity index (χ2n) is 4.18. The number of hydrogen-bond donors (Lipinski definition) is 1. The van der Waals surface area contributed by atoms with Crippen LogP contribution in [0, 0.1) is 6.92 Å². The predicted molar refractivity (Wildman–Crippen MR) is 67.7 cm³/mol.